The predicted octanol–water partition coefficient (Wildman–Crippen LogP) is 4.18. The van der Waals surface area contributed by atoms with Gasteiger partial charge in [-0.2, -0.15) is 0 Å². The summed E-state index contributed by atoms with van der Waals surface area (Å²) < 4.78 is 5.97. The number of ether oxygens (including phenoxy) is 1. The molecule has 2 aromatic heterocycles. The van der Waals surface area contributed by atoms with E-state index in [0.29, 0.717) is 24.0 Å². The van der Waals surface area contributed by atoms with Crippen molar-refractivity contribution in [3.8, 4) is 11.4 Å². The normalized spacial score (nSPS) is 15.1. The van der Waals surface area contributed by atoms with Gasteiger partial charge in [0.15, 0.2) is 11.0 Å². The Morgan fingerprint density at radius 2 is 2.11 bits per heavy atom. The second kappa shape index (κ2) is 7.98. The first-order chi connectivity index (χ1) is 13.5. The summed E-state index contributed by atoms with van der Waals surface area (Å²) in [5.74, 6) is 0.825. The minimum atomic E-state index is -0.264. The number of hydrogen-bond acceptors (Lipinski definition) is 7. The summed E-state index contributed by atoms with van der Waals surface area (Å²) in [7, 11) is 0. The average Bonchev–Trinajstić information content (AvgIpc) is 3.18. The van der Waals surface area contributed by atoms with Gasteiger partial charge in [-0.25, -0.2) is 15.0 Å². The molecule has 6 nitrogen and oxygen atoms in total. The highest BCUT2D eigenvalue weighted by Crippen LogP contribution is 2.34. The third-order valence-corrected chi connectivity index (χ3v) is 6.01. The van der Waals surface area contributed by atoms with Crippen LogP contribution in [0, 0.1) is 0 Å². The van der Waals surface area contributed by atoms with Crippen molar-refractivity contribution < 1.29 is 9.53 Å². The average molecular weight is 413 g/mol. The van der Waals surface area contributed by atoms with E-state index >= 15 is 0 Å². The summed E-state index contributed by atoms with van der Waals surface area (Å²) in [5.41, 5.74) is 2.67. The summed E-state index contributed by atoms with van der Waals surface area (Å²) in [4.78, 5) is 25.9. The van der Waals surface area contributed by atoms with Crippen LogP contribution in [0.2, 0.25) is 0 Å². The molecule has 0 spiro atoms. The van der Waals surface area contributed by atoms with E-state index in [4.69, 9.17) is 14.7 Å². The highest BCUT2D eigenvalue weighted by molar-refractivity contribution is 8.00. The molecule has 3 aromatic rings. The summed E-state index contributed by atoms with van der Waals surface area (Å²) in [5, 5.41) is 6.03. The van der Waals surface area contributed by atoms with Crippen LogP contribution in [0.1, 0.15) is 25.1 Å². The molecule has 4 rings (SSSR count). The monoisotopic (exact) mass is 412 g/mol. The van der Waals surface area contributed by atoms with Gasteiger partial charge in [0.25, 0.3) is 0 Å². The zero-order chi connectivity index (χ0) is 19.6. The summed E-state index contributed by atoms with van der Waals surface area (Å²) in [6, 6.07) is 9.90. The maximum atomic E-state index is 12.3. The zero-order valence-electron chi connectivity index (χ0n) is 15.6. The van der Waals surface area contributed by atoms with Crippen LogP contribution < -0.4 is 5.32 Å². The van der Waals surface area contributed by atoms with Crippen LogP contribution in [0.3, 0.4) is 0 Å². The first kappa shape index (κ1) is 19.0. The van der Waals surface area contributed by atoms with Crippen LogP contribution >= 0.6 is 23.1 Å². The molecule has 0 radical (unpaired) electrons. The Bertz CT molecular complexity index is 975. The van der Waals surface area contributed by atoms with Gasteiger partial charge in [0.2, 0.25) is 5.91 Å². The molecule has 1 N–H and O–H groups in total. The second-order valence-corrected chi connectivity index (χ2v) is 8.90. The van der Waals surface area contributed by atoms with Gasteiger partial charge in [0, 0.05) is 29.1 Å². The van der Waals surface area contributed by atoms with E-state index in [-0.39, 0.29) is 17.3 Å². The number of amides is 1. The lowest BCUT2D eigenvalue weighted by Gasteiger charge is -2.32. The smallest absolute Gasteiger partial charge is 0.236 e. The van der Waals surface area contributed by atoms with Gasteiger partial charge in [-0.3, -0.25) is 4.79 Å². The zero-order valence-corrected chi connectivity index (χ0v) is 17.3. The van der Waals surface area contributed by atoms with Gasteiger partial charge in [-0.05, 0) is 13.8 Å². The molecule has 0 aliphatic carbocycles. The van der Waals surface area contributed by atoms with Gasteiger partial charge in [-0.15, -0.1) is 11.3 Å². The molecule has 3 heterocycles. The molecule has 0 unspecified atom stereocenters. The Balaban J connectivity index is 1.60. The number of aromatic nitrogens is 3. The maximum absolute atomic E-state index is 12.3. The van der Waals surface area contributed by atoms with E-state index in [2.05, 4.69) is 24.1 Å². The molecular weight excluding hydrogens is 392 g/mol. The lowest BCUT2D eigenvalue weighted by Crippen LogP contribution is -2.33. The number of thioether (sulfide) groups is 1. The lowest BCUT2D eigenvalue weighted by molar-refractivity contribution is -0.113. The van der Waals surface area contributed by atoms with Crippen molar-refractivity contribution in [3.63, 3.8) is 0 Å². The van der Waals surface area contributed by atoms with Crippen LogP contribution in [0.15, 0.2) is 46.9 Å². The minimum Gasteiger partial charge on any atom is -0.370 e. The highest BCUT2D eigenvalue weighted by atomic mass is 32.2. The van der Waals surface area contributed by atoms with E-state index < -0.39 is 0 Å². The quantitative estimate of drug-likeness (QED) is 0.500. The number of nitrogens with one attached hydrogen (secondary N) is 1. The Kier molecular flexibility index (Phi) is 5.43. The van der Waals surface area contributed by atoms with Crippen molar-refractivity contribution in [1.29, 1.82) is 0 Å². The van der Waals surface area contributed by atoms with Crippen LogP contribution in [-0.2, 0) is 22.6 Å². The molecule has 0 bridgehead atoms. The van der Waals surface area contributed by atoms with E-state index in [1.807, 2.05) is 35.7 Å². The number of carbonyl (C=O) groups is 1. The van der Waals surface area contributed by atoms with Gasteiger partial charge < -0.3 is 10.1 Å². The molecule has 8 heteroatoms. The predicted molar refractivity (Wildman–Crippen MR) is 112 cm³/mol. The van der Waals surface area contributed by atoms with E-state index in [9.17, 15) is 4.79 Å². The number of benzene rings is 1. The minimum absolute atomic E-state index is 0.106. The molecule has 0 atom stereocenters. The fourth-order valence-electron chi connectivity index (χ4n) is 2.93. The van der Waals surface area contributed by atoms with Crippen LogP contribution in [0.4, 0.5) is 5.13 Å². The second-order valence-electron chi connectivity index (χ2n) is 7.04. The van der Waals surface area contributed by atoms with Gasteiger partial charge >= 0.3 is 0 Å². The lowest BCUT2D eigenvalue weighted by atomic mass is 9.96. The van der Waals surface area contributed by atoms with Gasteiger partial charge in [-0.1, -0.05) is 42.1 Å². The molecule has 144 valence electrons. The molecular formula is C20H20N4O2S2. The Hall–Kier alpha value is -2.29. The number of hydrogen-bond donors (Lipinski definition) is 1. The molecule has 0 saturated heterocycles. The van der Waals surface area contributed by atoms with E-state index in [1.165, 1.54) is 23.1 Å². The standard InChI is InChI=1S/C20H20N4O2S2/c1-20(2)10-15-14(11-26-20)18(24-17(22-15)13-6-4-3-5-7-13)28-12-16(25)23-19-21-8-9-27-19/h3-9H,10-12H2,1-2H3,(H,21,23,25). The third-order valence-electron chi connectivity index (χ3n) is 4.31. The summed E-state index contributed by atoms with van der Waals surface area (Å²) in [6.45, 7) is 4.58. The molecule has 1 aliphatic rings. The Morgan fingerprint density at radius 3 is 2.86 bits per heavy atom. The summed E-state index contributed by atoms with van der Waals surface area (Å²) >= 11 is 2.81. The molecule has 28 heavy (non-hydrogen) atoms. The number of rotatable bonds is 5. The number of carbonyl (C=O) groups excluding carboxylic acids is 1. The summed E-state index contributed by atoms with van der Waals surface area (Å²) in [6.07, 6.45) is 2.38. The van der Waals surface area contributed by atoms with Crippen molar-refractivity contribution in [2.24, 2.45) is 0 Å². The molecule has 1 aromatic carbocycles. The topological polar surface area (TPSA) is 77.0 Å². The largest absolute Gasteiger partial charge is 0.370 e. The molecule has 0 fully saturated rings. The van der Waals surface area contributed by atoms with Crippen molar-refractivity contribution in [1.82, 2.24) is 15.0 Å². The van der Waals surface area contributed by atoms with Crippen LogP contribution in [0.5, 0.6) is 0 Å². The fraction of sp³-hybridized carbons (Fsp3) is 0.300. The number of anilines is 1. The van der Waals surface area contributed by atoms with Gasteiger partial charge in [0.05, 0.1) is 23.7 Å². The molecule has 1 aliphatic heterocycles. The van der Waals surface area contributed by atoms with Crippen molar-refractivity contribution in [2.75, 3.05) is 11.1 Å². The third kappa shape index (κ3) is 4.40. The Labute approximate surface area is 171 Å². The number of thiazole rings is 1. The fourth-order valence-corrected chi connectivity index (χ4v) is 4.32. The van der Waals surface area contributed by atoms with Crippen molar-refractivity contribution in [3.05, 3.63) is 53.2 Å². The molecule has 0 saturated carbocycles. The molecule has 1 amide bonds. The first-order valence-corrected chi connectivity index (χ1v) is 10.8. The van der Waals surface area contributed by atoms with Crippen molar-refractivity contribution in [2.45, 2.75) is 37.5 Å². The van der Waals surface area contributed by atoms with E-state index in [0.717, 1.165) is 21.8 Å². The van der Waals surface area contributed by atoms with Crippen molar-refractivity contribution >= 4 is 34.1 Å². The SMILES string of the molecule is CC1(C)Cc2nc(-c3ccccc3)nc(SCC(=O)Nc3nccs3)c2CO1. The van der Waals surface area contributed by atoms with Crippen LogP contribution in [0.25, 0.3) is 11.4 Å². The van der Waals surface area contributed by atoms with Gasteiger partial charge in [0.1, 0.15) is 5.03 Å². The Morgan fingerprint density at radius 1 is 1.29 bits per heavy atom. The van der Waals surface area contributed by atoms with Crippen LogP contribution in [-0.4, -0.2) is 32.2 Å². The number of nitrogens with zero attached hydrogens (tertiary/aromatic N) is 3. The highest BCUT2D eigenvalue weighted by Gasteiger charge is 2.30. The van der Waals surface area contributed by atoms with E-state index in [1.54, 1.807) is 6.20 Å². The maximum Gasteiger partial charge on any atom is 0.236 e. The first-order valence-electron chi connectivity index (χ1n) is 8.91. The number of fused-ring (bicyclic) bond motifs is 1.